The minimum atomic E-state index is 0.0594. The molecule has 1 aliphatic heterocycles. The van der Waals surface area contributed by atoms with Gasteiger partial charge in [-0.2, -0.15) is 0 Å². The summed E-state index contributed by atoms with van der Waals surface area (Å²) in [5.74, 6) is 0.535. The first-order chi connectivity index (χ1) is 9.20. The SMILES string of the molecule is CC1CCN(CC(=O)NCCc2cccs2)C1CO. The van der Waals surface area contributed by atoms with Gasteiger partial charge in [0, 0.05) is 17.5 Å². The maximum atomic E-state index is 11.9. The Morgan fingerprint density at radius 1 is 1.63 bits per heavy atom. The van der Waals surface area contributed by atoms with Gasteiger partial charge in [0.2, 0.25) is 5.91 Å². The molecule has 1 aromatic rings. The van der Waals surface area contributed by atoms with Crippen LogP contribution in [-0.4, -0.2) is 48.2 Å². The molecule has 4 nitrogen and oxygen atoms in total. The number of aliphatic hydroxyl groups excluding tert-OH is 1. The number of carbonyl (C=O) groups is 1. The zero-order valence-electron chi connectivity index (χ0n) is 11.3. The Balaban J connectivity index is 1.69. The lowest BCUT2D eigenvalue weighted by Gasteiger charge is -2.24. The van der Waals surface area contributed by atoms with Gasteiger partial charge in [0.1, 0.15) is 0 Å². The molecule has 19 heavy (non-hydrogen) atoms. The number of aliphatic hydroxyl groups is 1. The van der Waals surface area contributed by atoms with Gasteiger partial charge in [0.25, 0.3) is 0 Å². The van der Waals surface area contributed by atoms with Crippen molar-refractivity contribution in [1.82, 2.24) is 10.2 Å². The first kappa shape index (κ1) is 14.5. The van der Waals surface area contributed by atoms with Crippen LogP contribution in [0, 0.1) is 5.92 Å². The van der Waals surface area contributed by atoms with Crippen LogP contribution in [0.1, 0.15) is 18.2 Å². The molecule has 0 spiro atoms. The van der Waals surface area contributed by atoms with Crippen molar-refractivity contribution in [3.63, 3.8) is 0 Å². The number of rotatable bonds is 6. The van der Waals surface area contributed by atoms with Crippen molar-refractivity contribution in [3.8, 4) is 0 Å². The van der Waals surface area contributed by atoms with Crippen molar-refractivity contribution in [1.29, 1.82) is 0 Å². The average Bonchev–Trinajstić information content (AvgIpc) is 3.00. The average molecular weight is 282 g/mol. The second-order valence-electron chi connectivity index (χ2n) is 5.17. The quantitative estimate of drug-likeness (QED) is 0.822. The molecule has 1 fully saturated rings. The molecule has 0 aliphatic carbocycles. The van der Waals surface area contributed by atoms with E-state index in [-0.39, 0.29) is 18.6 Å². The molecule has 2 N–H and O–H groups in total. The molecule has 2 rings (SSSR count). The second-order valence-corrected chi connectivity index (χ2v) is 6.20. The van der Waals surface area contributed by atoms with Gasteiger partial charge in [-0.25, -0.2) is 0 Å². The molecule has 2 unspecified atom stereocenters. The van der Waals surface area contributed by atoms with Crippen molar-refractivity contribution in [2.75, 3.05) is 26.2 Å². The van der Waals surface area contributed by atoms with Crippen molar-refractivity contribution < 1.29 is 9.90 Å². The first-order valence-electron chi connectivity index (χ1n) is 6.84. The molecule has 1 amide bonds. The Morgan fingerprint density at radius 3 is 3.16 bits per heavy atom. The van der Waals surface area contributed by atoms with E-state index in [9.17, 15) is 9.90 Å². The Kier molecular flexibility index (Phi) is 5.36. The van der Waals surface area contributed by atoms with E-state index in [2.05, 4.69) is 28.6 Å². The van der Waals surface area contributed by atoms with Crippen molar-refractivity contribution in [3.05, 3.63) is 22.4 Å². The van der Waals surface area contributed by atoms with Crippen LogP contribution in [0.3, 0.4) is 0 Å². The number of carbonyl (C=O) groups excluding carboxylic acids is 1. The molecule has 0 radical (unpaired) electrons. The number of likely N-dealkylation sites (tertiary alicyclic amines) is 1. The van der Waals surface area contributed by atoms with Crippen LogP contribution < -0.4 is 5.32 Å². The number of nitrogens with zero attached hydrogens (tertiary/aromatic N) is 1. The molecule has 5 heteroatoms. The molecular formula is C14H22N2O2S. The van der Waals surface area contributed by atoms with Gasteiger partial charge in [-0.3, -0.25) is 9.69 Å². The lowest BCUT2D eigenvalue weighted by molar-refractivity contribution is -0.122. The Labute approximate surface area is 118 Å². The molecular weight excluding hydrogens is 260 g/mol. The van der Waals surface area contributed by atoms with Gasteiger partial charge < -0.3 is 10.4 Å². The summed E-state index contributed by atoms with van der Waals surface area (Å²) >= 11 is 1.72. The summed E-state index contributed by atoms with van der Waals surface area (Å²) < 4.78 is 0. The summed E-state index contributed by atoms with van der Waals surface area (Å²) in [6, 6.07) is 4.25. The predicted octanol–water partition coefficient (Wildman–Crippen LogP) is 1.11. The fourth-order valence-electron chi connectivity index (χ4n) is 2.60. The van der Waals surface area contributed by atoms with E-state index in [0.717, 1.165) is 19.4 Å². The van der Waals surface area contributed by atoms with Crippen molar-refractivity contribution in [2.24, 2.45) is 5.92 Å². The van der Waals surface area contributed by atoms with Crippen LogP contribution in [0.5, 0.6) is 0 Å². The zero-order chi connectivity index (χ0) is 13.7. The Morgan fingerprint density at radius 2 is 2.47 bits per heavy atom. The monoisotopic (exact) mass is 282 g/mol. The first-order valence-corrected chi connectivity index (χ1v) is 7.72. The van der Waals surface area contributed by atoms with E-state index in [1.54, 1.807) is 11.3 Å². The summed E-state index contributed by atoms with van der Waals surface area (Å²) in [4.78, 5) is 15.2. The molecule has 106 valence electrons. The number of nitrogens with one attached hydrogen (secondary N) is 1. The van der Waals surface area contributed by atoms with Crippen molar-refractivity contribution >= 4 is 17.2 Å². The third-order valence-corrected chi connectivity index (χ3v) is 4.74. The molecule has 0 saturated carbocycles. The van der Waals surface area contributed by atoms with Gasteiger partial charge in [-0.1, -0.05) is 13.0 Å². The van der Waals surface area contributed by atoms with Crippen LogP contribution in [0.2, 0.25) is 0 Å². The molecule has 2 heterocycles. The third-order valence-electron chi connectivity index (χ3n) is 3.80. The van der Waals surface area contributed by atoms with E-state index in [4.69, 9.17) is 0 Å². The highest BCUT2D eigenvalue weighted by molar-refractivity contribution is 7.09. The standard InChI is InChI=1S/C14H22N2O2S/c1-11-5-7-16(13(11)10-17)9-14(18)15-6-4-12-3-2-8-19-12/h2-3,8,11,13,17H,4-7,9-10H2,1H3,(H,15,18). The predicted molar refractivity (Wildman–Crippen MR) is 77.3 cm³/mol. The van der Waals surface area contributed by atoms with Gasteiger partial charge in [0.15, 0.2) is 0 Å². The fraction of sp³-hybridized carbons (Fsp3) is 0.643. The van der Waals surface area contributed by atoms with E-state index in [1.807, 2.05) is 6.07 Å². The smallest absolute Gasteiger partial charge is 0.234 e. The Bertz CT molecular complexity index is 394. The van der Waals surface area contributed by atoms with Gasteiger partial charge in [-0.15, -0.1) is 11.3 Å². The number of hydrogen-bond acceptors (Lipinski definition) is 4. The number of amides is 1. The lowest BCUT2D eigenvalue weighted by atomic mass is 10.0. The third kappa shape index (κ3) is 4.03. The summed E-state index contributed by atoms with van der Waals surface area (Å²) in [5.41, 5.74) is 0. The largest absolute Gasteiger partial charge is 0.395 e. The zero-order valence-corrected chi connectivity index (χ0v) is 12.2. The molecule has 0 aromatic carbocycles. The van der Waals surface area contributed by atoms with E-state index in [1.165, 1.54) is 4.88 Å². The maximum absolute atomic E-state index is 11.9. The summed E-state index contributed by atoms with van der Waals surface area (Å²) in [6.07, 6.45) is 1.96. The van der Waals surface area contributed by atoms with Gasteiger partial charge >= 0.3 is 0 Å². The summed E-state index contributed by atoms with van der Waals surface area (Å²) in [7, 11) is 0. The Hall–Kier alpha value is -0.910. The van der Waals surface area contributed by atoms with E-state index < -0.39 is 0 Å². The maximum Gasteiger partial charge on any atom is 0.234 e. The highest BCUT2D eigenvalue weighted by Crippen LogP contribution is 2.22. The highest BCUT2D eigenvalue weighted by Gasteiger charge is 2.31. The molecule has 1 aromatic heterocycles. The minimum Gasteiger partial charge on any atom is -0.395 e. The summed E-state index contributed by atoms with van der Waals surface area (Å²) in [5, 5.41) is 14.4. The van der Waals surface area contributed by atoms with Gasteiger partial charge in [-0.05, 0) is 36.8 Å². The second kappa shape index (κ2) is 7.03. The van der Waals surface area contributed by atoms with E-state index >= 15 is 0 Å². The fourth-order valence-corrected chi connectivity index (χ4v) is 3.31. The minimum absolute atomic E-state index is 0.0594. The number of hydrogen-bond donors (Lipinski definition) is 2. The molecule has 1 saturated heterocycles. The van der Waals surface area contributed by atoms with Crippen LogP contribution in [-0.2, 0) is 11.2 Å². The van der Waals surface area contributed by atoms with Gasteiger partial charge in [0.05, 0.1) is 13.2 Å². The topological polar surface area (TPSA) is 52.6 Å². The molecule has 2 atom stereocenters. The van der Waals surface area contributed by atoms with Crippen LogP contribution in [0.4, 0.5) is 0 Å². The molecule has 0 bridgehead atoms. The highest BCUT2D eigenvalue weighted by atomic mass is 32.1. The van der Waals surface area contributed by atoms with E-state index in [0.29, 0.717) is 19.0 Å². The lowest BCUT2D eigenvalue weighted by Crippen LogP contribution is -2.42. The van der Waals surface area contributed by atoms with Crippen LogP contribution in [0.25, 0.3) is 0 Å². The van der Waals surface area contributed by atoms with Crippen molar-refractivity contribution in [2.45, 2.75) is 25.8 Å². The number of thiophene rings is 1. The molecule has 1 aliphatic rings. The van der Waals surface area contributed by atoms with Crippen LogP contribution in [0.15, 0.2) is 17.5 Å². The normalized spacial score (nSPS) is 23.7. The van der Waals surface area contributed by atoms with Crippen LogP contribution >= 0.6 is 11.3 Å². The summed E-state index contributed by atoms with van der Waals surface area (Å²) in [6.45, 7) is 4.27.